The average Bonchev–Trinajstić information content (AvgIpc) is 3.74. The van der Waals surface area contributed by atoms with Crippen LogP contribution < -0.4 is 9.47 Å². The minimum atomic E-state index is -1.00. The van der Waals surface area contributed by atoms with Gasteiger partial charge in [0.2, 0.25) is 6.79 Å². The van der Waals surface area contributed by atoms with Crippen LogP contribution in [-0.2, 0) is 17.8 Å². The molecule has 0 aliphatic carbocycles. The number of aliphatic carboxylic acids is 1. The second-order valence-corrected chi connectivity index (χ2v) is 10.1. The molecule has 0 fully saturated rings. The van der Waals surface area contributed by atoms with Crippen molar-refractivity contribution in [2.24, 2.45) is 0 Å². The Morgan fingerprint density at radius 2 is 1.81 bits per heavy atom. The fourth-order valence-corrected chi connectivity index (χ4v) is 5.95. The van der Waals surface area contributed by atoms with E-state index in [1.54, 1.807) is 39.8 Å². The summed E-state index contributed by atoms with van der Waals surface area (Å²) in [5, 5.41) is 22.1. The first-order chi connectivity index (χ1) is 20.4. The number of hydrogen-bond acceptors (Lipinski definition) is 7. The summed E-state index contributed by atoms with van der Waals surface area (Å²) in [6, 6.07) is 21.6. The van der Waals surface area contributed by atoms with Crippen LogP contribution >= 0.6 is 0 Å². The van der Waals surface area contributed by atoms with Crippen molar-refractivity contribution in [1.82, 2.24) is 9.47 Å². The number of nitrogens with zero attached hydrogens (tertiary/aromatic N) is 3. The third-order valence-corrected chi connectivity index (χ3v) is 7.72. The number of rotatable bonds is 6. The Hall–Kier alpha value is -5.58. The molecule has 0 saturated heterocycles. The zero-order chi connectivity index (χ0) is 29.0. The maximum Gasteiger partial charge on any atom is 0.323 e. The fourth-order valence-electron chi connectivity index (χ4n) is 5.95. The highest BCUT2D eigenvalue weighted by atomic mass is 16.7. The lowest BCUT2D eigenvalue weighted by molar-refractivity contribution is -0.384. The van der Waals surface area contributed by atoms with Gasteiger partial charge < -0.3 is 28.5 Å². The lowest BCUT2D eigenvalue weighted by Crippen LogP contribution is -2.41. The van der Waals surface area contributed by atoms with E-state index in [-0.39, 0.29) is 24.8 Å². The van der Waals surface area contributed by atoms with E-state index in [4.69, 9.17) is 13.9 Å². The standard InChI is InChI=1S/C31H23N3O8/c35-28(36)16-33-23-7-2-1-6-21(23)22-12-13-32(29(30(22)33)19-8-9-25-27(15-19)41-17-40-25)31(37)26-11-10-24(42-26)18-4-3-5-20(14-18)34(38)39/h1-11,14-15,29H,12-13,16-17H2,(H,35,36). The van der Waals surface area contributed by atoms with Crippen LogP contribution in [-0.4, -0.2) is 44.7 Å². The Morgan fingerprint density at radius 3 is 2.64 bits per heavy atom. The second kappa shape index (κ2) is 9.81. The van der Waals surface area contributed by atoms with Gasteiger partial charge in [0.15, 0.2) is 17.3 Å². The highest BCUT2D eigenvalue weighted by molar-refractivity contribution is 5.94. The van der Waals surface area contributed by atoms with Crippen LogP contribution in [0.2, 0.25) is 0 Å². The van der Waals surface area contributed by atoms with Crippen molar-refractivity contribution < 1.29 is 33.5 Å². The summed E-state index contributed by atoms with van der Waals surface area (Å²) < 4.78 is 18.9. The Balaban J connectivity index is 1.35. The predicted octanol–water partition coefficient (Wildman–Crippen LogP) is 5.41. The van der Waals surface area contributed by atoms with E-state index in [9.17, 15) is 24.8 Å². The zero-order valence-corrected chi connectivity index (χ0v) is 22.1. The van der Waals surface area contributed by atoms with Crippen molar-refractivity contribution in [3.8, 4) is 22.8 Å². The number of non-ortho nitro benzene ring substituents is 1. The highest BCUT2D eigenvalue weighted by Gasteiger charge is 2.38. The number of benzene rings is 3. The first-order valence-corrected chi connectivity index (χ1v) is 13.3. The SMILES string of the molecule is O=C(O)Cn1c2c(c3ccccc31)CCN(C(=O)c1ccc(-c3cccc([N+](=O)[O-])c3)o1)C2c1ccc2c(c1)OCO2. The average molecular weight is 566 g/mol. The van der Waals surface area contributed by atoms with Crippen molar-refractivity contribution in [2.75, 3.05) is 13.3 Å². The molecule has 0 saturated carbocycles. The molecule has 210 valence electrons. The summed E-state index contributed by atoms with van der Waals surface area (Å²) in [5.41, 5.74) is 3.58. The molecule has 1 N–H and O–H groups in total. The third kappa shape index (κ3) is 4.14. The summed E-state index contributed by atoms with van der Waals surface area (Å²) >= 11 is 0. The van der Waals surface area contributed by atoms with Crippen molar-refractivity contribution in [1.29, 1.82) is 0 Å². The largest absolute Gasteiger partial charge is 0.480 e. The first-order valence-electron chi connectivity index (χ1n) is 13.3. The van der Waals surface area contributed by atoms with Crippen molar-refractivity contribution in [2.45, 2.75) is 19.0 Å². The van der Waals surface area contributed by atoms with Crippen LogP contribution in [0.25, 0.3) is 22.2 Å². The van der Waals surface area contributed by atoms with E-state index in [2.05, 4.69) is 0 Å². The number of fused-ring (bicyclic) bond motifs is 4. The van der Waals surface area contributed by atoms with Gasteiger partial charge in [-0.25, -0.2) is 0 Å². The van der Waals surface area contributed by atoms with Gasteiger partial charge in [-0.2, -0.15) is 0 Å². The van der Waals surface area contributed by atoms with Crippen molar-refractivity contribution >= 4 is 28.5 Å². The van der Waals surface area contributed by atoms with Crippen LogP contribution in [0.5, 0.6) is 11.5 Å². The van der Waals surface area contributed by atoms with Crippen molar-refractivity contribution in [3.63, 3.8) is 0 Å². The van der Waals surface area contributed by atoms with Crippen LogP contribution in [0.15, 0.2) is 83.3 Å². The monoisotopic (exact) mass is 565 g/mol. The number of hydrogen-bond donors (Lipinski definition) is 1. The van der Waals surface area contributed by atoms with E-state index in [0.29, 0.717) is 41.5 Å². The van der Waals surface area contributed by atoms with E-state index in [0.717, 1.165) is 22.0 Å². The summed E-state index contributed by atoms with van der Waals surface area (Å²) in [6.45, 7) is 0.152. The number of carbonyl (C=O) groups excluding carboxylic acids is 1. The van der Waals surface area contributed by atoms with Gasteiger partial charge in [-0.15, -0.1) is 0 Å². The van der Waals surface area contributed by atoms with Gasteiger partial charge in [-0.1, -0.05) is 36.4 Å². The molecule has 4 heterocycles. The van der Waals surface area contributed by atoms with Gasteiger partial charge in [0.05, 0.1) is 11.0 Å². The predicted molar refractivity (Wildman–Crippen MR) is 150 cm³/mol. The summed E-state index contributed by atoms with van der Waals surface area (Å²) in [5.74, 6) is 0.113. The summed E-state index contributed by atoms with van der Waals surface area (Å²) in [6.07, 6.45) is 0.508. The van der Waals surface area contributed by atoms with Crippen LogP contribution in [0.4, 0.5) is 5.69 Å². The molecule has 2 aliphatic rings. The van der Waals surface area contributed by atoms with Gasteiger partial charge in [-0.3, -0.25) is 19.7 Å². The Kier molecular flexibility index (Phi) is 5.93. The number of aromatic nitrogens is 1. The smallest absolute Gasteiger partial charge is 0.323 e. The summed E-state index contributed by atoms with van der Waals surface area (Å²) in [7, 11) is 0. The van der Waals surface area contributed by atoms with E-state index in [1.165, 1.54) is 12.1 Å². The molecule has 7 rings (SSSR count). The van der Waals surface area contributed by atoms with Gasteiger partial charge in [0.1, 0.15) is 12.3 Å². The highest BCUT2D eigenvalue weighted by Crippen LogP contribution is 2.44. The Bertz CT molecular complexity index is 1910. The van der Waals surface area contributed by atoms with E-state index >= 15 is 0 Å². The number of para-hydroxylation sites is 1. The quantitative estimate of drug-likeness (QED) is 0.213. The molecule has 2 aromatic heterocycles. The molecule has 2 aliphatic heterocycles. The normalized spacial score (nSPS) is 15.5. The second-order valence-electron chi connectivity index (χ2n) is 10.1. The number of nitro groups is 1. The van der Waals surface area contributed by atoms with E-state index in [1.807, 2.05) is 36.4 Å². The molecule has 1 unspecified atom stereocenters. The summed E-state index contributed by atoms with van der Waals surface area (Å²) in [4.78, 5) is 38.6. The molecule has 1 amide bonds. The minimum Gasteiger partial charge on any atom is -0.480 e. The molecule has 1 atom stereocenters. The molecular weight excluding hydrogens is 542 g/mol. The molecule has 5 aromatic rings. The van der Waals surface area contributed by atoms with Gasteiger partial charge in [0.25, 0.3) is 11.6 Å². The van der Waals surface area contributed by atoms with Crippen LogP contribution in [0.3, 0.4) is 0 Å². The lowest BCUT2D eigenvalue weighted by Gasteiger charge is -2.37. The third-order valence-electron chi connectivity index (χ3n) is 7.72. The fraction of sp³-hybridized carbons (Fsp3) is 0.161. The molecule has 3 aromatic carbocycles. The minimum absolute atomic E-state index is 0.0617. The molecule has 0 spiro atoms. The molecule has 42 heavy (non-hydrogen) atoms. The van der Waals surface area contributed by atoms with E-state index < -0.39 is 22.8 Å². The number of furan rings is 1. The number of ether oxygens (including phenoxy) is 2. The Labute approximate surface area is 238 Å². The van der Waals surface area contributed by atoms with Gasteiger partial charge in [-0.05, 0) is 47.9 Å². The maximum atomic E-state index is 14.1. The van der Waals surface area contributed by atoms with Crippen molar-refractivity contribution in [3.05, 3.63) is 112 Å². The number of carbonyl (C=O) groups is 2. The van der Waals surface area contributed by atoms with Crippen LogP contribution in [0.1, 0.15) is 33.4 Å². The molecular formula is C31H23N3O8. The zero-order valence-electron chi connectivity index (χ0n) is 22.1. The lowest BCUT2D eigenvalue weighted by atomic mass is 9.91. The number of amides is 1. The van der Waals surface area contributed by atoms with Crippen LogP contribution in [0, 0.1) is 10.1 Å². The maximum absolute atomic E-state index is 14.1. The molecule has 0 bridgehead atoms. The first kappa shape index (κ1) is 25.4. The number of carboxylic acid groups (broad SMARTS) is 1. The molecule has 11 heteroatoms. The molecule has 11 nitrogen and oxygen atoms in total. The Morgan fingerprint density at radius 1 is 0.976 bits per heavy atom. The van der Waals surface area contributed by atoms with Gasteiger partial charge in [0, 0.05) is 40.8 Å². The number of carboxylic acids is 1. The topological polar surface area (TPSA) is 137 Å². The van der Waals surface area contributed by atoms with Gasteiger partial charge >= 0.3 is 5.97 Å². The number of nitro benzene ring substituents is 1. The molecule has 0 radical (unpaired) electrons.